The topological polar surface area (TPSA) is 59.0 Å². The molecule has 2 heterocycles. The van der Waals surface area contributed by atoms with E-state index in [-0.39, 0.29) is 5.92 Å². The molecule has 2 bridgehead atoms. The van der Waals surface area contributed by atoms with Crippen LogP contribution in [0, 0.1) is 17.8 Å². The van der Waals surface area contributed by atoms with Gasteiger partial charge in [-0.05, 0) is 104 Å². The second kappa shape index (κ2) is 12.0. The van der Waals surface area contributed by atoms with Crippen LogP contribution in [0.1, 0.15) is 66.9 Å². The van der Waals surface area contributed by atoms with E-state index in [9.17, 15) is 9.00 Å². The van der Waals surface area contributed by atoms with Crippen LogP contribution >= 0.6 is 11.6 Å². The molecule has 7 heteroatoms. The Balaban J connectivity index is 1.59. The monoisotopic (exact) mass is 540 g/mol. The molecule has 0 radical (unpaired) electrons. The van der Waals surface area contributed by atoms with Crippen molar-refractivity contribution in [1.29, 1.82) is 0 Å². The standard InChI is InChI=1S/C30H37ClN2O3S/c1-2-21-6-5-8-22-9-10-25(22)18-33-19-26-11-13-27(31)16-23(26)7-3-4-15-36-29-14-12-24(17-28(29)33)30(34)32-37(35)20-21/h5-6,11-14,16-17,21-22,25,37H,2-4,7-10,15,18-20H2,1H3/b6-5+/t21-,22-,25+/m1/s1. The van der Waals surface area contributed by atoms with Crippen molar-refractivity contribution in [2.45, 2.75) is 58.4 Å². The van der Waals surface area contributed by atoms with Crippen molar-refractivity contribution in [3.05, 3.63) is 70.3 Å². The van der Waals surface area contributed by atoms with Crippen LogP contribution in [0.4, 0.5) is 5.69 Å². The fourth-order valence-electron chi connectivity index (χ4n) is 5.70. The van der Waals surface area contributed by atoms with E-state index in [0.29, 0.717) is 29.8 Å². The number of anilines is 1. The van der Waals surface area contributed by atoms with Crippen molar-refractivity contribution in [1.82, 2.24) is 0 Å². The molecule has 0 spiro atoms. The van der Waals surface area contributed by atoms with Gasteiger partial charge in [-0.15, -0.1) is 0 Å². The molecule has 2 aromatic rings. The summed E-state index contributed by atoms with van der Waals surface area (Å²) in [6.07, 6.45) is 11.8. The third kappa shape index (κ3) is 6.40. The number of benzene rings is 2. The lowest BCUT2D eigenvalue weighted by molar-refractivity contribution is 0.100. The zero-order chi connectivity index (χ0) is 25.8. The van der Waals surface area contributed by atoms with Gasteiger partial charge in [-0.25, -0.2) is 0 Å². The molecule has 3 aliphatic rings. The Bertz CT molecular complexity index is 1250. The van der Waals surface area contributed by atoms with Gasteiger partial charge in [0.25, 0.3) is 5.91 Å². The van der Waals surface area contributed by atoms with E-state index in [1.165, 1.54) is 24.0 Å². The number of ether oxygens (including phenoxy) is 1. The summed E-state index contributed by atoms with van der Waals surface area (Å²) in [7, 11) is -1.96. The van der Waals surface area contributed by atoms with Crippen LogP contribution in [-0.2, 0) is 23.6 Å². The molecule has 2 aromatic carbocycles. The van der Waals surface area contributed by atoms with E-state index in [1.807, 2.05) is 18.2 Å². The molecule has 2 aliphatic heterocycles. The Kier molecular flexibility index (Phi) is 8.56. The lowest BCUT2D eigenvalue weighted by atomic mass is 9.71. The van der Waals surface area contributed by atoms with E-state index >= 15 is 0 Å². The van der Waals surface area contributed by atoms with Crippen molar-refractivity contribution in [3.63, 3.8) is 0 Å². The number of aryl methyl sites for hydroxylation is 1. The SMILES string of the molecule is CC[C@@H]1/C=C/C[C@@H]2CC[C@H]2CN2Cc3ccc(Cl)cc3CCCCOc3ccc(cc32)C(=O)/N=[SH](=O)\C1. The first-order chi connectivity index (χ1) is 18.0. The Hall–Kier alpha value is -2.31. The first-order valence-corrected chi connectivity index (χ1v) is 15.4. The molecule has 0 aromatic heterocycles. The number of hydrogen-bond donors (Lipinski definition) is 1. The predicted octanol–water partition coefficient (Wildman–Crippen LogP) is 6.88. The van der Waals surface area contributed by atoms with E-state index in [4.69, 9.17) is 16.3 Å². The summed E-state index contributed by atoms with van der Waals surface area (Å²) in [4.78, 5) is 15.5. The zero-order valence-corrected chi connectivity index (χ0v) is 23.2. The lowest BCUT2D eigenvalue weighted by Gasteiger charge is -2.41. The van der Waals surface area contributed by atoms with Crippen LogP contribution in [-0.4, -0.2) is 29.0 Å². The van der Waals surface area contributed by atoms with Crippen molar-refractivity contribution < 1.29 is 13.7 Å². The fourth-order valence-corrected chi connectivity index (χ4v) is 7.07. The minimum absolute atomic E-state index is 0.181. The van der Waals surface area contributed by atoms with E-state index in [2.05, 4.69) is 40.5 Å². The molecule has 1 unspecified atom stereocenters. The number of allylic oxidation sites excluding steroid dienone is 2. The molecule has 0 N–H and O–H groups in total. The van der Waals surface area contributed by atoms with Crippen LogP contribution in [0.25, 0.3) is 0 Å². The van der Waals surface area contributed by atoms with E-state index in [1.54, 1.807) is 6.07 Å². The van der Waals surface area contributed by atoms with Crippen LogP contribution in [0.5, 0.6) is 5.75 Å². The van der Waals surface area contributed by atoms with Gasteiger partial charge < -0.3 is 9.64 Å². The third-order valence-corrected chi connectivity index (χ3v) is 9.59. The summed E-state index contributed by atoms with van der Waals surface area (Å²) in [5.41, 5.74) is 3.93. The number of nitrogens with zero attached hydrogens (tertiary/aromatic N) is 2. The molecule has 1 saturated carbocycles. The van der Waals surface area contributed by atoms with E-state index < -0.39 is 16.5 Å². The van der Waals surface area contributed by atoms with Gasteiger partial charge in [0.2, 0.25) is 0 Å². The first-order valence-electron chi connectivity index (χ1n) is 13.7. The zero-order valence-electron chi connectivity index (χ0n) is 21.6. The van der Waals surface area contributed by atoms with Crippen molar-refractivity contribution in [2.24, 2.45) is 22.1 Å². The predicted molar refractivity (Wildman–Crippen MR) is 152 cm³/mol. The number of hydrogen-bond acceptors (Lipinski definition) is 4. The first kappa shape index (κ1) is 26.3. The van der Waals surface area contributed by atoms with Crippen LogP contribution in [0.2, 0.25) is 5.02 Å². The summed E-state index contributed by atoms with van der Waals surface area (Å²) >= 11 is 6.38. The number of carbonyl (C=O) groups is 1. The highest BCUT2D eigenvalue weighted by molar-refractivity contribution is 7.75. The minimum atomic E-state index is -1.96. The molecule has 1 amide bonds. The molecular weight excluding hydrogens is 504 g/mol. The average Bonchev–Trinajstić information content (AvgIpc) is 2.90. The molecule has 198 valence electrons. The highest BCUT2D eigenvalue weighted by Crippen LogP contribution is 2.41. The molecule has 37 heavy (non-hydrogen) atoms. The quantitative estimate of drug-likeness (QED) is 0.316. The highest BCUT2D eigenvalue weighted by atomic mass is 35.5. The van der Waals surface area contributed by atoms with E-state index in [0.717, 1.165) is 61.7 Å². The summed E-state index contributed by atoms with van der Waals surface area (Å²) in [5.74, 6) is 2.19. The number of amides is 1. The Morgan fingerprint density at radius 3 is 2.78 bits per heavy atom. The number of halogens is 1. The summed E-state index contributed by atoms with van der Waals surface area (Å²) in [6, 6.07) is 11.8. The summed E-state index contributed by atoms with van der Waals surface area (Å²) in [6.45, 7) is 4.35. The van der Waals surface area contributed by atoms with Gasteiger partial charge in [0.05, 0.1) is 12.3 Å². The van der Waals surface area contributed by atoms with Gasteiger partial charge in [0, 0.05) is 40.0 Å². The van der Waals surface area contributed by atoms with Crippen LogP contribution < -0.4 is 9.64 Å². The second-order valence-corrected chi connectivity index (χ2v) is 12.4. The van der Waals surface area contributed by atoms with Gasteiger partial charge in [0.15, 0.2) is 0 Å². The number of fused-ring (bicyclic) bond motifs is 3. The summed E-state index contributed by atoms with van der Waals surface area (Å²) in [5, 5.41) is 0.766. The summed E-state index contributed by atoms with van der Waals surface area (Å²) < 4.78 is 23.2. The largest absolute Gasteiger partial charge is 0.491 e. The Morgan fingerprint density at radius 1 is 1.11 bits per heavy atom. The third-order valence-electron chi connectivity index (χ3n) is 8.17. The molecular formula is C30H37ClN2O3S. The Morgan fingerprint density at radius 2 is 1.97 bits per heavy atom. The maximum Gasteiger partial charge on any atom is 0.284 e. The molecule has 5 rings (SSSR count). The van der Waals surface area contributed by atoms with Crippen molar-refractivity contribution in [3.8, 4) is 5.75 Å². The van der Waals surface area contributed by atoms with Gasteiger partial charge in [0.1, 0.15) is 5.75 Å². The second-order valence-electron chi connectivity index (χ2n) is 10.7. The van der Waals surface area contributed by atoms with Crippen LogP contribution in [0.3, 0.4) is 0 Å². The molecule has 1 fully saturated rings. The van der Waals surface area contributed by atoms with Gasteiger partial charge >= 0.3 is 0 Å². The minimum Gasteiger partial charge on any atom is -0.491 e. The van der Waals surface area contributed by atoms with Gasteiger partial charge in [-0.2, -0.15) is 4.36 Å². The Labute approximate surface area is 227 Å². The van der Waals surface area contributed by atoms with Crippen molar-refractivity contribution >= 4 is 33.8 Å². The average molecular weight is 541 g/mol. The smallest absolute Gasteiger partial charge is 0.284 e. The normalized spacial score (nSPS) is 27.9. The van der Waals surface area contributed by atoms with Gasteiger partial charge in [-0.1, -0.05) is 36.7 Å². The molecule has 5 nitrogen and oxygen atoms in total. The molecule has 0 saturated heterocycles. The number of thiol groups is 1. The number of carbonyl (C=O) groups excluding carboxylic acids is 1. The maximum atomic E-state index is 13.1. The fraction of sp³-hybridized carbons (Fsp3) is 0.500. The molecule has 4 atom stereocenters. The molecule has 1 aliphatic carbocycles. The van der Waals surface area contributed by atoms with Crippen molar-refractivity contribution in [2.75, 3.05) is 23.8 Å². The number of rotatable bonds is 1. The van der Waals surface area contributed by atoms with Crippen LogP contribution in [0.15, 0.2) is 52.9 Å². The highest BCUT2D eigenvalue weighted by Gasteiger charge is 2.32. The lowest BCUT2D eigenvalue weighted by Crippen LogP contribution is -2.38. The van der Waals surface area contributed by atoms with Gasteiger partial charge in [-0.3, -0.25) is 9.00 Å². The maximum absolute atomic E-state index is 13.1.